The first-order valence-corrected chi connectivity index (χ1v) is 9.57. The predicted molar refractivity (Wildman–Crippen MR) is 74.9 cm³/mol. The summed E-state index contributed by atoms with van der Waals surface area (Å²) in [5.41, 5.74) is 0. The molecule has 1 rings (SSSR count). The molecule has 1 fully saturated rings. The molecule has 0 bridgehead atoms. The molecule has 1 N–H and O–H groups in total. The SMILES string of the molecule is CC[Si](CC)(CC)O[C@H](C)[C@@H]1C(=O)N[C@@H]1OC(C)=O. The van der Waals surface area contributed by atoms with E-state index in [1.807, 2.05) is 6.92 Å². The van der Waals surface area contributed by atoms with E-state index in [-0.39, 0.29) is 23.9 Å². The zero-order chi connectivity index (χ0) is 14.6. The molecule has 0 saturated carbocycles. The second kappa shape index (κ2) is 6.52. The van der Waals surface area contributed by atoms with Crippen molar-refractivity contribution in [1.29, 1.82) is 0 Å². The Morgan fingerprint density at radius 2 is 1.84 bits per heavy atom. The van der Waals surface area contributed by atoms with Crippen molar-refractivity contribution in [3.8, 4) is 0 Å². The van der Waals surface area contributed by atoms with Crippen LogP contribution in [0.5, 0.6) is 0 Å². The van der Waals surface area contributed by atoms with Crippen LogP contribution in [0.25, 0.3) is 0 Å². The highest BCUT2D eigenvalue weighted by molar-refractivity contribution is 6.73. The second-order valence-corrected chi connectivity index (χ2v) is 9.85. The van der Waals surface area contributed by atoms with Gasteiger partial charge in [0.1, 0.15) is 5.92 Å². The van der Waals surface area contributed by atoms with Crippen LogP contribution >= 0.6 is 0 Å². The molecule has 0 unspecified atom stereocenters. The van der Waals surface area contributed by atoms with Crippen molar-refractivity contribution in [3.63, 3.8) is 0 Å². The summed E-state index contributed by atoms with van der Waals surface area (Å²) in [7, 11) is -1.75. The largest absolute Gasteiger partial charge is 0.441 e. The van der Waals surface area contributed by atoms with Gasteiger partial charge in [0, 0.05) is 6.92 Å². The molecule has 1 saturated heterocycles. The summed E-state index contributed by atoms with van der Waals surface area (Å²) in [5, 5.41) is 2.60. The third kappa shape index (κ3) is 3.57. The summed E-state index contributed by atoms with van der Waals surface area (Å²) in [5.74, 6) is -0.849. The number of rotatable bonds is 7. The fourth-order valence-electron chi connectivity index (χ4n) is 2.58. The number of nitrogens with one attached hydrogen (secondary N) is 1. The molecular formula is C13H25NO4Si. The van der Waals surface area contributed by atoms with Crippen molar-refractivity contribution >= 4 is 20.2 Å². The number of esters is 1. The lowest BCUT2D eigenvalue weighted by molar-refractivity contribution is -0.173. The number of amides is 1. The molecule has 5 nitrogen and oxygen atoms in total. The van der Waals surface area contributed by atoms with Crippen LogP contribution in [-0.2, 0) is 18.8 Å². The molecular weight excluding hydrogens is 262 g/mol. The van der Waals surface area contributed by atoms with Crippen molar-refractivity contribution in [2.75, 3.05) is 0 Å². The smallest absolute Gasteiger partial charge is 0.304 e. The standard InChI is InChI=1S/C13H25NO4Si/c1-6-19(7-2,8-3)18-9(4)11-12(16)14-13(11)17-10(5)15/h9,11,13H,6-8H2,1-5H3,(H,14,16)/t9-,11-,13-/m1/s1. The maximum atomic E-state index is 11.6. The minimum Gasteiger partial charge on any atom is -0.441 e. The van der Waals surface area contributed by atoms with E-state index in [2.05, 4.69) is 26.1 Å². The summed E-state index contributed by atoms with van der Waals surface area (Å²) in [4.78, 5) is 22.6. The maximum Gasteiger partial charge on any atom is 0.304 e. The summed E-state index contributed by atoms with van der Waals surface area (Å²) < 4.78 is 11.3. The molecule has 1 amide bonds. The Balaban J connectivity index is 2.67. The van der Waals surface area contributed by atoms with Crippen LogP contribution in [0, 0.1) is 5.92 Å². The highest BCUT2D eigenvalue weighted by atomic mass is 28.4. The predicted octanol–water partition coefficient (Wildman–Crippen LogP) is 2.03. The van der Waals surface area contributed by atoms with E-state index in [1.165, 1.54) is 6.92 Å². The molecule has 1 aliphatic rings. The average molecular weight is 287 g/mol. The summed E-state index contributed by atoms with van der Waals surface area (Å²) in [6.45, 7) is 9.70. The minimum absolute atomic E-state index is 0.0926. The fourth-order valence-corrected chi connectivity index (χ4v) is 5.51. The molecule has 1 aliphatic heterocycles. The molecule has 0 aliphatic carbocycles. The third-order valence-electron chi connectivity index (χ3n) is 4.08. The van der Waals surface area contributed by atoms with Gasteiger partial charge in [-0.2, -0.15) is 0 Å². The molecule has 0 spiro atoms. The van der Waals surface area contributed by atoms with Gasteiger partial charge in [-0.15, -0.1) is 0 Å². The molecule has 6 heteroatoms. The van der Waals surface area contributed by atoms with Gasteiger partial charge in [0.25, 0.3) is 0 Å². The first-order valence-electron chi connectivity index (χ1n) is 7.04. The van der Waals surface area contributed by atoms with Crippen molar-refractivity contribution in [2.24, 2.45) is 5.92 Å². The van der Waals surface area contributed by atoms with Crippen LogP contribution < -0.4 is 5.32 Å². The molecule has 0 radical (unpaired) electrons. The molecule has 19 heavy (non-hydrogen) atoms. The lowest BCUT2D eigenvalue weighted by Gasteiger charge is -2.42. The second-order valence-electron chi connectivity index (χ2n) is 5.13. The summed E-state index contributed by atoms with van der Waals surface area (Å²) in [6.07, 6.45) is -0.734. The van der Waals surface area contributed by atoms with Crippen LogP contribution in [0.3, 0.4) is 0 Å². The van der Waals surface area contributed by atoms with Gasteiger partial charge in [-0.3, -0.25) is 9.59 Å². The lowest BCUT2D eigenvalue weighted by Crippen LogP contribution is -2.64. The maximum absolute atomic E-state index is 11.6. The van der Waals surface area contributed by atoms with Crippen LogP contribution in [0.2, 0.25) is 18.1 Å². The molecule has 0 aromatic heterocycles. The van der Waals surface area contributed by atoms with E-state index >= 15 is 0 Å². The lowest BCUT2D eigenvalue weighted by atomic mass is 9.93. The van der Waals surface area contributed by atoms with E-state index in [0.29, 0.717) is 0 Å². The monoisotopic (exact) mass is 287 g/mol. The normalized spacial score (nSPS) is 24.4. The fraction of sp³-hybridized carbons (Fsp3) is 0.846. The summed E-state index contributed by atoms with van der Waals surface area (Å²) >= 11 is 0. The highest BCUT2D eigenvalue weighted by Crippen LogP contribution is 2.29. The number of carbonyl (C=O) groups excluding carboxylic acids is 2. The zero-order valence-electron chi connectivity index (χ0n) is 12.5. The van der Waals surface area contributed by atoms with Gasteiger partial charge in [0.2, 0.25) is 5.91 Å². The first-order chi connectivity index (χ1) is 8.89. The average Bonchev–Trinajstić information content (AvgIpc) is 2.34. The number of hydrogen-bond donors (Lipinski definition) is 1. The zero-order valence-corrected chi connectivity index (χ0v) is 13.5. The van der Waals surface area contributed by atoms with Crippen molar-refractivity contribution in [3.05, 3.63) is 0 Å². The van der Waals surface area contributed by atoms with Crippen molar-refractivity contribution in [1.82, 2.24) is 5.32 Å². The number of β-lactam (4-membered cyclic amide) rings is 1. The van der Waals surface area contributed by atoms with Crippen LogP contribution in [0.15, 0.2) is 0 Å². The topological polar surface area (TPSA) is 64.6 Å². The Morgan fingerprint density at radius 1 is 1.32 bits per heavy atom. The Labute approximate surface area is 116 Å². The number of carbonyl (C=O) groups is 2. The molecule has 0 aromatic rings. The van der Waals surface area contributed by atoms with E-state index in [1.54, 1.807) is 0 Å². The Kier molecular flexibility index (Phi) is 5.55. The van der Waals surface area contributed by atoms with Crippen LogP contribution in [0.4, 0.5) is 0 Å². The van der Waals surface area contributed by atoms with E-state index in [0.717, 1.165) is 18.1 Å². The minimum atomic E-state index is -1.75. The van der Waals surface area contributed by atoms with Crippen LogP contribution in [0.1, 0.15) is 34.6 Å². The van der Waals surface area contributed by atoms with Gasteiger partial charge >= 0.3 is 5.97 Å². The Hall–Kier alpha value is -0.883. The van der Waals surface area contributed by atoms with Gasteiger partial charge in [0.15, 0.2) is 14.5 Å². The summed E-state index contributed by atoms with van der Waals surface area (Å²) in [6, 6.07) is 3.12. The van der Waals surface area contributed by atoms with Gasteiger partial charge in [-0.25, -0.2) is 0 Å². The third-order valence-corrected chi connectivity index (χ3v) is 8.82. The Morgan fingerprint density at radius 3 is 2.21 bits per heavy atom. The van der Waals surface area contributed by atoms with E-state index in [4.69, 9.17) is 9.16 Å². The molecule has 3 atom stereocenters. The number of hydrogen-bond acceptors (Lipinski definition) is 4. The number of ether oxygens (including phenoxy) is 1. The highest BCUT2D eigenvalue weighted by Gasteiger charge is 2.47. The van der Waals surface area contributed by atoms with Crippen molar-refractivity contribution < 1.29 is 18.8 Å². The quantitative estimate of drug-likeness (QED) is 0.442. The van der Waals surface area contributed by atoms with Crippen LogP contribution in [-0.4, -0.2) is 32.5 Å². The van der Waals surface area contributed by atoms with Crippen molar-refractivity contribution in [2.45, 2.75) is 65.1 Å². The molecule has 110 valence electrons. The van der Waals surface area contributed by atoms with Gasteiger partial charge < -0.3 is 14.5 Å². The van der Waals surface area contributed by atoms with Gasteiger partial charge in [-0.1, -0.05) is 20.8 Å². The van der Waals surface area contributed by atoms with Gasteiger partial charge in [0.05, 0.1) is 6.10 Å². The van der Waals surface area contributed by atoms with Gasteiger partial charge in [-0.05, 0) is 25.1 Å². The molecule has 0 aromatic carbocycles. The molecule has 1 heterocycles. The van der Waals surface area contributed by atoms with E-state index in [9.17, 15) is 9.59 Å². The Bertz CT molecular complexity index is 335. The van der Waals surface area contributed by atoms with E-state index < -0.39 is 14.5 Å². The first kappa shape index (κ1) is 16.2.